The molecule has 2 unspecified atom stereocenters. The molecule has 0 aliphatic carbocycles. The summed E-state index contributed by atoms with van der Waals surface area (Å²) < 4.78 is 5.48. The molecule has 3 rings (SSSR count). The van der Waals surface area contributed by atoms with Crippen LogP contribution in [-0.4, -0.2) is 30.2 Å². The van der Waals surface area contributed by atoms with Gasteiger partial charge in [0.05, 0.1) is 12.6 Å². The van der Waals surface area contributed by atoms with Gasteiger partial charge in [-0.2, -0.15) is 0 Å². The Balaban J connectivity index is 1.51. The van der Waals surface area contributed by atoms with Gasteiger partial charge in [-0.25, -0.2) is 4.79 Å². The summed E-state index contributed by atoms with van der Waals surface area (Å²) in [6.07, 6.45) is -0.328. The molecule has 4 nitrogen and oxygen atoms in total. The first-order valence-corrected chi connectivity index (χ1v) is 8.01. The van der Waals surface area contributed by atoms with Crippen molar-refractivity contribution in [2.45, 2.75) is 25.6 Å². The first kappa shape index (κ1) is 15.6. The predicted octanol–water partition coefficient (Wildman–Crippen LogP) is 3.36. The molecule has 1 saturated heterocycles. The number of ether oxygens (including phenoxy) is 1. The van der Waals surface area contributed by atoms with Gasteiger partial charge in [-0.1, -0.05) is 60.7 Å². The Hall–Kier alpha value is -2.33. The van der Waals surface area contributed by atoms with Crippen LogP contribution in [0.3, 0.4) is 0 Å². The van der Waals surface area contributed by atoms with Crippen molar-refractivity contribution in [1.82, 2.24) is 10.2 Å². The summed E-state index contributed by atoms with van der Waals surface area (Å²) >= 11 is 0. The lowest BCUT2D eigenvalue weighted by Crippen LogP contribution is -2.32. The molecular formula is C19H22N2O2. The number of rotatable bonds is 6. The average Bonchev–Trinajstić information content (AvgIpc) is 2.97. The highest BCUT2D eigenvalue weighted by Crippen LogP contribution is 2.25. The number of hydrogen-bond acceptors (Lipinski definition) is 3. The van der Waals surface area contributed by atoms with Crippen molar-refractivity contribution in [3.63, 3.8) is 0 Å². The summed E-state index contributed by atoms with van der Waals surface area (Å²) in [5.74, 6) is 0. The molecule has 23 heavy (non-hydrogen) atoms. The molecule has 2 aromatic carbocycles. The summed E-state index contributed by atoms with van der Waals surface area (Å²) in [4.78, 5) is 13.9. The van der Waals surface area contributed by atoms with E-state index in [1.807, 2.05) is 55.5 Å². The van der Waals surface area contributed by atoms with Gasteiger partial charge in [0.1, 0.15) is 6.10 Å². The number of carbonyl (C=O) groups excluding carboxylic acids is 1. The van der Waals surface area contributed by atoms with Crippen LogP contribution < -0.4 is 5.32 Å². The molecule has 0 radical (unpaired) electrons. The summed E-state index contributed by atoms with van der Waals surface area (Å²) in [5, 5.41) is 3.36. The molecule has 120 valence electrons. The fraction of sp³-hybridized carbons (Fsp3) is 0.316. The SMILES string of the molecule is CC(c1ccccc1)N1CC(CNCc2ccccc2)OC1=O. The minimum atomic E-state index is -0.229. The fourth-order valence-corrected chi connectivity index (χ4v) is 2.85. The minimum Gasteiger partial charge on any atom is -0.443 e. The third kappa shape index (κ3) is 3.90. The van der Waals surface area contributed by atoms with Crippen molar-refractivity contribution in [3.8, 4) is 0 Å². The third-order valence-electron chi connectivity index (χ3n) is 4.20. The average molecular weight is 310 g/mol. The van der Waals surface area contributed by atoms with E-state index in [1.54, 1.807) is 4.90 Å². The topological polar surface area (TPSA) is 41.6 Å². The lowest BCUT2D eigenvalue weighted by molar-refractivity contribution is 0.128. The Morgan fingerprint density at radius 1 is 1.13 bits per heavy atom. The maximum atomic E-state index is 12.1. The maximum Gasteiger partial charge on any atom is 0.410 e. The van der Waals surface area contributed by atoms with Crippen molar-refractivity contribution in [3.05, 3.63) is 71.8 Å². The van der Waals surface area contributed by atoms with E-state index >= 15 is 0 Å². The van der Waals surface area contributed by atoms with Crippen LogP contribution in [0.1, 0.15) is 24.1 Å². The number of nitrogens with one attached hydrogen (secondary N) is 1. The van der Waals surface area contributed by atoms with Crippen LogP contribution in [-0.2, 0) is 11.3 Å². The van der Waals surface area contributed by atoms with Gasteiger partial charge < -0.3 is 10.1 Å². The third-order valence-corrected chi connectivity index (χ3v) is 4.20. The van der Waals surface area contributed by atoms with Gasteiger partial charge in [0.25, 0.3) is 0 Å². The monoisotopic (exact) mass is 310 g/mol. The van der Waals surface area contributed by atoms with Crippen LogP contribution in [0.4, 0.5) is 4.79 Å². The van der Waals surface area contributed by atoms with Crippen LogP contribution in [0, 0.1) is 0 Å². The Morgan fingerprint density at radius 3 is 2.48 bits per heavy atom. The predicted molar refractivity (Wildman–Crippen MR) is 90.0 cm³/mol. The maximum absolute atomic E-state index is 12.1. The number of cyclic esters (lactones) is 1. The first-order valence-electron chi connectivity index (χ1n) is 8.01. The molecule has 0 saturated carbocycles. The second-order valence-electron chi connectivity index (χ2n) is 5.86. The van der Waals surface area contributed by atoms with Gasteiger partial charge in [0.15, 0.2) is 0 Å². The molecule has 2 aromatic rings. The summed E-state index contributed by atoms with van der Waals surface area (Å²) in [5.41, 5.74) is 2.36. The van der Waals surface area contributed by atoms with Crippen molar-refractivity contribution in [2.24, 2.45) is 0 Å². The zero-order valence-corrected chi connectivity index (χ0v) is 13.3. The van der Waals surface area contributed by atoms with Gasteiger partial charge in [0.2, 0.25) is 0 Å². The quantitative estimate of drug-likeness (QED) is 0.889. The van der Waals surface area contributed by atoms with Crippen molar-refractivity contribution in [1.29, 1.82) is 0 Å². The molecule has 4 heteroatoms. The van der Waals surface area contributed by atoms with E-state index in [4.69, 9.17) is 4.74 Å². The van der Waals surface area contributed by atoms with Crippen LogP contribution >= 0.6 is 0 Å². The standard InChI is InChI=1S/C19H22N2O2/c1-15(17-10-6-3-7-11-17)21-14-18(23-19(21)22)13-20-12-16-8-4-2-5-9-16/h2-11,15,18,20H,12-14H2,1H3. The number of amides is 1. The Bertz CT molecular complexity index is 630. The van der Waals surface area contributed by atoms with Crippen LogP contribution in [0.25, 0.3) is 0 Å². The summed E-state index contributed by atoms with van der Waals surface area (Å²) in [6, 6.07) is 20.3. The van der Waals surface area contributed by atoms with Crippen molar-refractivity contribution < 1.29 is 9.53 Å². The minimum absolute atomic E-state index is 0.0304. The molecule has 0 aromatic heterocycles. The van der Waals surface area contributed by atoms with Gasteiger partial charge >= 0.3 is 6.09 Å². The summed E-state index contributed by atoms with van der Waals surface area (Å²) in [7, 11) is 0. The van der Waals surface area contributed by atoms with Crippen molar-refractivity contribution >= 4 is 6.09 Å². The van der Waals surface area contributed by atoms with E-state index in [9.17, 15) is 4.79 Å². The number of carbonyl (C=O) groups is 1. The lowest BCUT2D eigenvalue weighted by Gasteiger charge is -2.22. The van der Waals surface area contributed by atoms with Gasteiger partial charge in [-0.3, -0.25) is 4.90 Å². The normalized spacial score (nSPS) is 18.7. The van der Waals surface area contributed by atoms with E-state index in [0.717, 1.165) is 12.1 Å². The van der Waals surface area contributed by atoms with Crippen LogP contribution in [0.15, 0.2) is 60.7 Å². The fourth-order valence-electron chi connectivity index (χ4n) is 2.85. The van der Waals surface area contributed by atoms with E-state index < -0.39 is 0 Å². The van der Waals surface area contributed by atoms with Crippen LogP contribution in [0.2, 0.25) is 0 Å². The molecule has 0 bridgehead atoms. The highest BCUT2D eigenvalue weighted by Gasteiger charge is 2.34. The first-order chi connectivity index (χ1) is 11.2. The van der Waals surface area contributed by atoms with Gasteiger partial charge in [-0.15, -0.1) is 0 Å². The zero-order valence-electron chi connectivity index (χ0n) is 13.3. The van der Waals surface area contributed by atoms with Gasteiger partial charge in [-0.05, 0) is 18.1 Å². The molecule has 1 aliphatic heterocycles. The molecule has 1 amide bonds. The van der Waals surface area contributed by atoms with Crippen molar-refractivity contribution in [2.75, 3.05) is 13.1 Å². The Labute approximate surface area is 137 Å². The van der Waals surface area contributed by atoms with E-state index in [2.05, 4.69) is 17.4 Å². The Morgan fingerprint density at radius 2 is 1.78 bits per heavy atom. The van der Waals surface area contributed by atoms with Gasteiger partial charge in [0, 0.05) is 13.1 Å². The lowest BCUT2D eigenvalue weighted by atomic mass is 10.1. The van der Waals surface area contributed by atoms with E-state index in [0.29, 0.717) is 13.1 Å². The number of benzene rings is 2. The molecule has 2 atom stereocenters. The highest BCUT2D eigenvalue weighted by atomic mass is 16.6. The number of nitrogens with zero attached hydrogens (tertiary/aromatic N) is 1. The molecule has 0 spiro atoms. The van der Waals surface area contributed by atoms with E-state index in [1.165, 1.54) is 5.56 Å². The smallest absolute Gasteiger partial charge is 0.410 e. The molecule has 1 heterocycles. The molecule has 1 fully saturated rings. The number of hydrogen-bond donors (Lipinski definition) is 1. The molecular weight excluding hydrogens is 288 g/mol. The van der Waals surface area contributed by atoms with Crippen LogP contribution in [0.5, 0.6) is 0 Å². The zero-order chi connectivity index (χ0) is 16.1. The highest BCUT2D eigenvalue weighted by molar-refractivity contribution is 5.70. The Kier molecular flexibility index (Phi) is 4.93. The second-order valence-corrected chi connectivity index (χ2v) is 5.86. The van der Waals surface area contributed by atoms with E-state index in [-0.39, 0.29) is 18.2 Å². The molecule has 1 aliphatic rings. The molecule has 1 N–H and O–H groups in total. The second kappa shape index (κ2) is 7.29. The largest absolute Gasteiger partial charge is 0.443 e. The summed E-state index contributed by atoms with van der Waals surface area (Å²) in [6.45, 7) is 4.11.